The molecule has 3 aromatic rings. The zero-order chi connectivity index (χ0) is 21.0. The normalized spacial score (nSPS) is 11.7. The van der Waals surface area contributed by atoms with Gasteiger partial charge < -0.3 is 10.3 Å². The topological polar surface area (TPSA) is 91.1 Å². The van der Waals surface area contributed by atoms with Crippen LogP contribution in [0.3, 0.4) is 0 Å². The molecular weight excluding hydrogens is 393 g/mol. The summed E-state index contributed by atoms with van der Waals surface area (Å²) in [6.45, 7) is 4.29. The lowest BCUT2D eigenvalue weighted by molar-refractivity contribution is -0.120. The van der Waals surface area contributed by atoms with Gasteiger partial charge in [-0.2, -0.15) is 0 Å². The van der Waals surface area contributed by atoms with Crippen LogP contribution in [0.25, 0.3) is 10.9 Å². The standard InChI is InChI=1S/C21H24FN3O3S/c1-14-4-7-17(8-5-14)29(27,28)24-11-3-10-23-21(26)13-18-15(2)25-20-9-6-16(22)12-19(18)20/h4-9,12,24-25H,3,10-11,13H2,1-2H3,(H,23,26). The molecule has 0 fully saturated rings. The van der Waals surface area contributed by atoms with Gasteiger partial charge >= 0.3 is 0 Å². The second kappa shape index (κ2) is 8.75. The Labute approximate surface area is 169 Å². The highest BCUT2D eigenvalue weighted by atomic mass is 32.2. The predicted molar refractivity (Wildman–Crippen MR) is 111 cm³/mol. The Morgan fingerprint density at radius 3 is 2.52 bits per heavy atom. The van der Waals surface area contributed by atoms with Crippen LogP contribution in [0.15, 0.2) is 47.4 Å². The number of benzene rings is 2. The summed E-state index contributed by atoms with van der Waals surface area (Å²) in [5.74, 6) is -0.543. The predicted octanol–water partition coefficient (Wildman–Crippen LogP) is 2.95. The van der Waals surface area contributed by atoms with Crippen molar-refractivity contribution < 1.29 is 17.6 Å². The van der Waals surface area contributed by atoms with Gasteiger partial charge in [0.2, 0.25) is 15.9 Å². The van der Waals surface area contributed by atoms with Gasteiger partial charge in [-0.05, 0) is 56.2 Å². The Bertz CT molecular complexity index is 1120. The van der Waals surface area contributed by atoms with Crippen LogP contribution in [0.1, 0.15) is 23.2 Å². The molecule has 0 saturated carbocycles. The van der Waals surface area contributed by atoms with E-state index in [2.05, 4.69) is 15.0 Å². The molecule has 0 saturated heterocycles. The fraction of sp³-hybridized carbons (Fsp3) is 0.286. The van der Waals surface area contributed by atoms with E-state index < -0.39 is 10.0 Å². The first-order valence-electron chi connectivity index (χ1n) is 9.36. The van der Waals surface area contributed by atoms with E-state index in [9.17, 15) is 17.6 Å². The third kappa shape index (κ3) is 5.21. The third-order valence-corrected chi connectivity index (χ3v) is 6.19. The van der Waals surface area contributed by atoms with E-state index in [1.807, 2.05) is 13.8 Å². The number of sulfonamides is 1. The van der Waals surface area contributed by atoms with E-state index in [1.165, 1.54) is 12.1 Å². The van der Waals surface area contributed by atoms with Crippen molar-refractivity contribution in [3.05, 3.63) is 65.1 Å². The molecule has 0 bridgehead atoms. The first kappa shape index (κ1) is 21.0. The Morgan fingerprint density at radius 2 is 1.79 bits per heavy atom. The van der Waals surface area contributed by atoms with Crippen molar-refractivity contribution in [3.63, 3.8) is 0 Å². The molecular formula is C21H24FN3O3S. The molecule has 0 aliphatic rings. The van der Waals surface area contributed by atoms with E-state index in [0.717, 1.165) is 22.3 Å². The van der Waals surface area contributed by atoms with Gasteiger partial charge in [-0.15, -0.1) is 0 Å². The summed E-state index contributed by atoms with van der Waals surface area (Å²) in [5.41, 5.74) is 3.36. The fourth-order valence-electron chi connectivity index (χ4n) is 3.13. The van der Waals surface area contributed by atoms with E-state index in [4.69, 9.17) is 0 Å². The first-order chi connectivity index (χ1) is 13.8. The number of aromatic nitrogens is 1. The lowest BCUT2D eigenvalue weighted by atomic mass is 10.1. The number of rotatable bonds is 8. The average Bonchev–Trinajstić information content (AvgIpc) is 2.96. The number of nitrogens with one attached hydrogen (secondary N) is 3. The molecule has 0 aliphatic heterocycles. The van der Waals surface area contributed by atoms with Gasteiger partial charge in [-0.25, -0.2) is 17.5 Å². The smallest absolute Gasteiger partial charge is 0.240 e. The lowest BCUT2D eigenvalue weighted by Crippen LogP contribution is -2.30. The number of carbonyl (C=O) groups excluding carboxylic acids is 1. The van der Waals surface area contributed by atoms with Crippen molar-refractivity contribution in [2.45, 2.75) is 31.6 Å². The van der Waals surface area contributed by atoms with Crippen LogP contribution in [0.2, 0.25) is 0 Å². The number of carbonyl (C=O) groups is 1. The molecule has 3 N–H and O–H groups in total. The zero-order valence-electron chi connectivity index (χ0n) is 16.4. The summed E-state index contributed by atoms with van der Waals surface area (Å²) in [7, 11) is -3.56. The number of amides is 1. The summed E-state index contributed by atoms with van der Waals surface area (Å²) in [6, 6.07) is 11.1. The zero-order valence-corrected chi connectivity index (χ0v) is 17.2. The molecule has 8 heteroatoms. The molecule has 0 atom stereocenters. The van der Waals surface area contributed by atoms with Crippen molar-refractivity contribution in [2.24, 2.45) is 0 Å². The molecule has 29 heavy (non-hydrogen) atoms. The molecule has 1 heterocycles. The van der Waals surface area contributed by atoms with Crippen molar-refractivity contribution >= 4 is 26.8 Å². The Balaban J connectivity index is 1.48. The second-order valence-electron chi connectivity index (χ2n) is 7.01. The molecule has 2 aromatic carbocycles. The highest BCUT2D eigenvalue weighted by Gasteiger charge is 2.14. The highest BCUT2D eigenvalue weighted by molar-refractivity contribution is 7.89. The molecule has 0 unspecified atom stereocenters. The van der Waals surface area contributed by atoms with Gasteiger partial charge in [0.25, 0.3) is 0 Å². The lowest BCUT2D eigenvalue weighted by Gasteiger charge is -2.08. The van der Waals surface area contributed by atoms with E-state index >= 15 is 0 Å². The van der Waals surface area contributed by atoms with E-state index in [-0.39, 0.29) is 29.6 Å². The highest BCUT2D eigenvalue weighted by Crippen LogP contribution is 2.23. The summed E-state index contributed by atoms with van der Waals surface area (Å²) >= 11 is 0. The Hall–Kier alpha value is -2.71. The molecule has 0 spiro atoms. The second-order valence-corrected chi connectivity index (χ2v) is 8.78. The Kier molecular flexibility index (Phi) is 6.34. The van der Waals surface area contributed by atoms with Gasteiger partial charge in [-0.3, -0.25) is 4.79 Å². The number of aromatic amines is 1. The quantitative estimate of drug-likeness (QED) is 0.492. The molecule has 1 aromatic heterocycles. The van der Waals surface area contributed by atoms with Crippen LogP contribution in [-0.2, 0) is 21.2 Å². The van der Waals surface area contributed by atoms with Crippen molar-refractivity contribution in [2.75, 3.05) is 13.1 Å². The van der Waals surface area contributed by atoms with Crippen LogP contribution in [0, 0.1) is 19.7 Å². The number of hydrogen-bond donors (Lipinski definition) is 3. The number of H-pyrrole nitrogens is 1. The maximum atomic E-state index is 13.5. The SMILES string of the molecule is Cc1ccc(S(=O)(=O)NCCCNC(=O)Cc2c(C)[nH]c3ccc(F)cc23)cc1. The number of hydrogen-bond acceptors (Lipinski definition) is 3. The maximum Gasteiger partial charge on any atom is 0.240 e. The minimum Gasteiger partial charge on any atom is -0.358 e. The summed E-state index contributed by atoms with van der Waals surface area (Å²) < 4.78 is 40.5. The molecule has 6 nitrogen and oxygen atoms in total. The van der Waals surface area contributed by atoms with Crippen molar-refractivity contribution in [1.82, 2.24) is 15.0 Å². The largest absolute Gasteiger partial charge is 0.358 e. The van der Waals surface area contributed by atoms with Gasteiger partial charge in [-0.1, -0.05) is 17.7 Å². The van der Waals surface area contributed by atoms with Crippen molar-refractivity contribution in [3.8, 4) is 0 Å². The third-order valence-electron chi connectivity index (χ3n) is 4.72. The van der Waals surface area contributed by atoms with E-state index in [0.29, 0.717) is 18.4 Å². The summed E-state index contributed by atoms with van der Waals surface area (Å²) in [5, 5.41) is 3.48. The molecule has 154 valence electrons. The number of aryl methyl sites for hydroxylation is 2. The van der Waals surface area contributed by atoms with Gasteiger partial charge in [0, 0.05) is 29.7 Å². The number of fused-ring (bicyclic) bond motifs is 1. The maximum absolute atomic E-state index is 13.5. The minimum atomic E-state index is -3.56. The Morgan fingerprint density at radius 1 is 1.07 bits per heavy atom. The van der Waals surface area contributed by atoms with Crippen LogP contribution in [0.5, 0.6) is 0 Å². The average molecular weight is 418 g/mol. The molecule has 0 radical (unpaired) electrons. The van der Waals surface area contributed by atoms with Crippen molar-refractivity contribution in [1.29, 1.82) is 0 Å². The first-order valence-corrected chi connectivity index (χ1v) is 10.8. The molecule has 3 rings (SSSR count). The van der Waals surface area contributed by atoms with Crippen LogP contribution >= 0.6 is 0 Å². The monoisotopic (exact) mass is 417 g/mol. The minimum absolute atomic E-state index is 0.129. The van der Waals surface area contributed by atoms with Crippen LogP contribution < -0.4 is 10.0 Å². The van der Waals surface area contributed by atoms with Crippen LogP contribution in [-0.4, -0.2) is 32.4 Å². The van der Waals surface area contributed by atoms with Crippen LogP contribution in [0.4, 0.5) is 4.39 Å². The van der Waals surface area contributed by atoms with Gasteiger partial charge in [0.15, 0.2) is 0 Å². The fourth-order valence-corrected chi connectivity index (χ4v) is 4.20. The summed E-state index contributed by atoms with van der Waals surface area (Å²) in [4.78, 5) is 15.6. The molecule has 0 aliphatic carbocycles. The number of halogens is 1. The van der Waals surface area contributed by atoms with Gasteiger partial charge in [0.1, 0.15) is 5.82 Å². The van der Waals surface area contributed by atoms with E-state index in [1.54, 1.807) is 30.3 Å². The van der Waals surface area contributed by atoms with Gasteiger partial charge in [0.05, 0.1) is 11.3 Å². The molecule has 1 amide bonds. The summed E-state index contributed by atoms with van der Waals surface area (Å²) in [6.07, 6.45) is 0.586.